The molecule has 0 spiro atoms. The smallest absolute Gasteiger partial charge is 0.166 e. The van der Waals surface area contributed by atoms with Crippen molar-refractivity contribution in [2.24, 2.45) is 17.8 Å². The van der Waals surface area contributed by atoms with Crippen molar-refractivity contribution in [3.63, 3.8) is 0 Å². The van der Waals surface area contributed by atoms with Gasteiger partial charge in [-0.1, -0.05) is 56.2 Å². The fourth-order valence-corrected chi connectivity index (χ4v) is 4.95. The molecule has 1 unspecified atom stereocenters. The van der Waals surface area contributed by atoms with Crippen LogP contribution in [-0.4, -0.2) is 0 Å². The zero-order valence-electron chi connectivity index (χ0n) is 17.9. The molecular formula is C27H36F2. The van der Waals surface area contributed by atoms with Gasteiger partial charge in [-0.25, -0.2) is 8.78 Å². The van der Waals surface area contributed by atoms with E-state index in [1.165, 1.54) is 38.5 Å². The van der Waals surface area contributed by atoms with Gasteiger partial charge < -0.3 is 0 Å². The number of allylic oxidation sites excluding steroid dienone is 5. The minimum absolute atomic E-state index is 0.438. The standard InChI is InChI=1S/C27H36F2/c1-3-7-21-10-12-22(13-11-21)8-5-6-9-24-18-19-25(27(29)26(24)28)23-16-14-20(4-2)15-17-23/h4-5,8,16,18-22H,2-3,6-7,9-15,17H2,1H3/t20?,21-,22-. The molecule has 0 radical (unpaired) electrons. The van der Waals surface area contributed by atoms with Crippen LogP contribution in [0.15, 0.2) is 43.0 Å². The Balaban J connectivity index is 1.52. The van der Waals surface area contributed by atoms with Gasteiger partial charge in [-0.05, 0) is 86.7 Å². The largest absolute Gasteiger partial charge is 0.203 e. The zero-order valence-corrected chi connectivity index (χ0v) is 17.9. The van der Waals surface area contributed by atoms with Gasteiger partial charge >= 0.3 is 0 Å². The molecule has 1 atom stereocenters. The van der Waals surface area contributed by atoms with Gasteiger partial charge in [-0.3, -0.25) is 0 Å². The molecule has 2 aliphatic carbocycles. The Labute approximate surface area is 175 Å². The Morgan fingerprint density at radius 1 is 1.03 bits per heavy atom. The van der Waals surface area contributed by atoms with Crippen LogP contribution >= 0.6 is 0 Å². The highest BCUT2D eigenvalue weighted by Gasteiger charge is 2.20. The Kier molecular flexibility index (Phi) is 8.27. The van der Waals surface area contributed by atoms with E-state index in [2.05, 4.69) is 25.7 Å². The third-order valence-corrected chi connectivity index (χ3v) is 6.87. The number of hydrogen-bond donors (Lipinski definition) is 0. The Hall–Kier alpha value is -1.70. The Morgan fingerprint density at radius 3 is 2.48 bits per heavy atom. The molecule has 2 heteroatoms. The molecule has 0 aliphatic heterocycles. The van der Waals surface area contributed by atoms with Gasteiger partial charge in [-0.2, -0.15) is 0 Å². The monoisotopic (exact) mass is 398 g/mol. The lowest BCUT2D eigenvalue weighted by Gasteiger charge is -2.26. The quantitative estimate of drug-likeness (QED) is 0.385. The van der Waals surface area contributed by atoms with Crippen LogP contribution in [0.2, 0.25) is 0 Å². The van der Waals surface area contributed by atoms with E-state index in [4.69, 9.17) is 0 Å². The molecule has 0 aromatic heterocycles. The fraction of sp³-hybridized carbons (Fsp3) is 0.556. The second kappa shape index (κ2) is 10.9. The molecule has 0 saturated heterocycles. The molecular weight excluding hydrogens is 362 g/mol. The molecule has 2 aliphatic rings. The van der Waals surface area contributed by atoms with Gasteiger partial charge in [0.25, 0.3) is 0 Å². The van der Waals surface area contributed by atoms with Crippen molar-refractivity contribution in [1.82, 2.24) is 0 Å². The van der Waals surface area contributed by atoms with E-state index in [1.54, 1.807) is 12.1 Å². The summed E-state index contributed by atoms with van der Waals surface area (Å²) in [7, 11) is 0. The fourth-order valence-electron chi connectivity index (χ4n) is 4.95. The minimum atomic E-state index is -0.677. The molecule has 0 bridgehead atoms. The summed E-state index contributed by atoms with van der Waals surface area (Å²) >= 11 is 0. The first-order valence-corrected chi connectivity index (χ1v) is 11.6. The SMILES string of the molecule is C=CC1CC=C(c2ccc(CCC=C[C@H]3CC[C@H](CCC)CC3)c(F)c2F)CC1. The van der Waals surface area contributed by atoms with Crippen LogP contribution in [0.3, 0.4) is 0 Å². The van der Waals surface area contributed by atoms with Crippen LogP contribution in [0.1, 0.15) is 82.3 Å². The number of halogens is 2. The maximum atomic E-state index is 14.7. The number of rotatable bonds is 8. The van der Waals surface area contributed by atoms with Crippen LogP contribution in [-0.2, 0) is 6.42 Å². The van der Waals surface area contributed by atoms with E-state index in [1.807, 2.05) is 12.2 Å². The predicted octanol–water partition coefficient (Wildman–Crippen LogP) is 8.43. The maximum absolute atomic E-state index is 14.7. The number of benzene rings is 1. The van der Waals surface area contributed by atoms with Crippen molar-refractivity contribution in [1.29, 1.82) is 0 Å². The molecule has 0 N–H and O–H groups in total. The highest BCUT2D eigenvalue weighted by atomic mass is 19.2. The topological polar surface area (TPSA) is 0 Å². The van der Waals surface area contributed by atoms with E-state index in [9.17, 15) is 8.78 Å². The zero-order chi connectivity index (χ0) is 20.6. The summed E-state index contributed by atoms with van der Waals surface area (Å²) in [5.74, 6) is 0.707. The van der Waals surface area contributed by atoms with E-state index < -0.39 is 11.6 Å². The summed E-state index contributed by atoms with van der Waals surface area (Å²) in [6.07, 6.45) is 20.3. The first-order chi connectivity index (χ1) is 14.1. The summed E-state index contributed by atoms with van der Waals surface area (Å²) < 4.78 is 29.3. The van der Waals surface area contributed by atoms with Crippen LogP contribution in [0.5, 0.6) is 0 Å². The summed E-state index contributed by atoms with van der Waals surface area (Å²) in [6.45, 7) is 6.10. The molecule has 0 nitrogen and oxygen atoms in total. The van der Waals surface area contributed by atoms with Gasteiger partial charge in [0.1, 0.15) is 0 Å². The predicted molar refractivity (Wildman–Crippen MR) is 120 cm³/mol. The van der Waals surface area contributed by atoms with Crippen molar-refractivity contribution < 1.29 is 8.78 Å². The van der Waals surface area contributed by atoms with Crippen molar-refractivity contribution >= 4 is 5.57 Å². The first-order valence-electron chi connectivity index (χ1n) is 11.6. The second-order valence-corrected chi connectivity index (χ2v) is 8.94. The van der Waals surface area contributed by atoms with Crippen LogP contribution in [0.25, 0.3) is 5.57 Å². The van der Waals surface area contributed by atoms with E-state index >= 15 is 0 Å². The van der Waals surface area contributed by atoms with Gasteiger partial charge in [-0.15, -0.1) is 6.58 Å². The number of hydrogen-bond acceptors (Lipinski definition) is 0. The summed E-state index contributed by atoms with van der Waals surface area (Å²) in [5, 5.41) is 0. The molecule has 0 heterocycles. The summed E-state index contributed by atoms with van der Waals surface area (Å²) in [6, 6.07) is 3.55. The van der Waals surface area contributed by atoms with Crippen LogP contribution < -0.4 is 0 Å². The minimum Gasteiger partial charge on any atom is -0.203 e. The number of aryl methyl sites for hydroxylation is 1. The average molecular weight is 399 g/mol. The molecule has 1 aromatic carbocycles. The molecule has 3 rings (SSSR count). The van der Waals surface area contributed by atoms with Gasteiger partial charge in [0.15, 0.2) is 11.6 Å². The van der Waals surface area contributed by atoms with Gasteiger partial charge in [0.05, 0.1) is 0 Å². The van der Waals surface area contributed by atoms with E-state index in [-0.39, 0.29) is 0 Å². The summed E-state index contributed by atoms with van der Waals surface area (Å²) in [4.78, 5) is 0. The molecule has 1 aromatic rings. The maximum Gasteiger partial charge on any atom is 0.166 e. The molecule has 1 saturated carbocycles. The van der Waals surface area contributed by atoms with Crippen molar-refractivity contribution in [2.75, 3.05) is 0 Å². The molecule has 29 heavy (non-hydrogen) atoms. The third-order valence-electron chi connectivity index (χ3n) is 6.87. The third kappa shape index (κ3) is 5.90. The average Bonchev–Trinajstić information content (AvgIpc) is 2.75. The lowest BCUT2D eigenvalue weighted by atomic mass is 9.80. The molecule has 0 amide bonds. The highest BCUT2D eigenvalue weighted by molar-refractivity contribution is 5.67. The van der Waals surface area contributed by atoms with Gasteiger partial charge in [0.2, 0.25) is 0 Å². The Bertz CT molecular complexity index is 735. The van der Waals surface area contributed by atoms with Crippen molar-refractivity contribution in [3.05, 3.63) is 65.8 Å². The molecule has 158 valence electrons. The first kappa shape index (κ1) is 22.0. The Morgan fingerprint density at radius 2 is 1.83 bits per heavy atom. The van der Waals surface area contributed by atoms with E-state index in [0.29, 0.717) is 29.4 Å². The van der Waals surface area contributed by atoms with E-state index in [0.717, 1.165) is 37.2 Å². The van der Waals surface area contributed by atoms with Crippen LogP contribution in [0, 0.1) is 29.4 Å². The van der Waals surface area contributed by atoms with Crippen molar-refractivity contribution in [2.45, 2.75) is 77.6 Å². The van der Waals surface area contributed by atoms with Crippen molar-refractivity contribution in [3.8, 4) is 0 Å². The van der Waals surface area contributed by atoms with Crippen LogP contribution in [0.4, 0.5) is 8.78 Å². The highest BCUT2D eigenvalue weighted by Crippen LogP contribution is 2.34. The molecule has 1 fully saturated rings. The summed E-state index contributed by atoms with van der Waals surface area (Å²) in [5.41, 5.74) is 1.86. The second-order valence-electron chi connectivity index (χ2n) is 8.94. The normalized spacial score (nSPS) is 25.2. The van der Waals surface area contributed by atoms with Gasteiger partial charge in [0, 0.05) is 5.56 Å². The lowest BCUT2D eigenvalue weighted by molar-refractivity contribution is 0.294. The lowest BCUT2D eigenvalue weighted by Crippen LogP contribution is -2.12.